The fourth-order valence-electron chi connectivity index (χ4n) is 3.60. The number of likely N-dealkylation sites (N-methyl/N-ethyl adjacent to an activating group) is 1. The summed E-state index contributed by atoms with van der Waals surface area (Å²) in [6, 6.07) is 6.84. The third-order valence-electron chi connectivity index (χ3n) is 5.52. The summed E-state index contributed by atoms with van der Waals surface area (Å²) in [6.07, 6.45) is 0. The Bertz CT molecular complexity index is 1110. The van der Waals surface area contributed by atoms with Crippen LogP contribution in [0, 0.1) is 11.6 Å². The zero-order chi connectivity index (χ0) is 24.2. The molecule has 2 aromatic carbocycles. The van der Waals surface area contributed by atoms with Gasteiger partial charge in [-0.2, -0.15) is 0 Å². The lowest BCUT2D eigenvalue weighted by molar-refractivity contribution is 0.0600. The summed E-state index contributed by atoms with van der Waals surface area (Å²) in [4.78, 5) is 15.8. The molecular formula is C22H26ClF2N3O4S. The standard InChI is InChI=1S/C22H26ClF2N3O4S/c1-27-7-9-28(10-8-27)13-21(15-5-6-19(24)18(23)11-15)26-33(30,31)14-17-4-3-16(12-20(17)25)22(29)32-2/h3-6,11-12,21,26H,7-10,13-14H2,1-2H3. The van der Waals surface area contributed by atoms with E-state index in [-0.39, 0.29) is 16.1 Å². The highest BCUT2D eigenvalue weighted by atomic mass is 35.5. The van der Waals surface area contributed by atoms with E-state index in [1.165, 1.54) is 37.4 Å². The minimum Gasteiger partial charge on any atom is -0.465 e. The van der Waals surface area contributed by atoms with Gasteiger partial charge in [0.2, 0.25) is 10.0 Å². The molecule has 1 N–H and O–H groups in total. The van der Waals surface area contributed by atoms with Gasteiger partial charge in [-0.05, 0) is 36.9 Å². The predicted molar refractivity (Wildman–Crippen MR) is 122 cm³/mol. The van der Waals surface area contributed by atoms with Crippen molar-refractivity contribution < 1.29 is 26.7 Å². The van der Waals surface area contributed by atoms with Gasteiger partial charge in [-0.25, -0.2) is 26.7 Å². The quantitative estimate of drug-likeness (QED) is 0.560. The molecule has 0 amide bonds. The molecule has 1 atom stereocenters. The van der Waals surface area contributed by atoms with Crippen LogP contribution in [-0.2, 0) is 20.5 Å². The number of nitrogens with zero attached hydrogens (tertiary/aromatic N) is 2. The lowest BCUT2D eigenvalue weighted by Gasteiger charge is -2.35. The first kappa shape index (κ1) is 25.5. The summed E-state index contributed by atoms with van der Waals surface area (Å²) < 4.78 is 61.2. The van der Waals surface area contributed by atoms with Crippen molar-refractivity contribution in [2.75, 3.05) is 46.9 Å². The van der Waals surface area contributed by atoms with Crippen LogP contribution >= 0.6 is 11.6 Å². The molecule has 7 nitrogen and oxygen atoms in total. The molecule has 33 heavy (non-hydrogen) atoms. The summed E-state index contributed by atoms with van der Waals surface area (Å²) in [5.74, 6) is -2.78. The molecule has 1 saturated heterocycles. The topological polar surface area (TPSA) is 78.9 Å². The molecule has 0 radical (unpaired) electrons. The zero-order valence-electron chi connectivity index (χ0n) is 18.4. The van der Waals surface area contributed by atoms with Crippen molar-refractivity contribution in [3.05, 3.63) is 69.7 Å². The number of carbonyl (C=O) groups is 1. The normalized spacial score (nSPS) is 16.5. The fourth-order valence-corrected chi connectivity index (χ4v) is 5.16. The average Bonchev–Trinajstić information content (AvgIpc) is 2.77. The summed E-state index contributed by atoms with van der Waals surface area (Å²) >= 11 is 5.93. The van der Waals surface area contributed by atoms with E-state index in [1.54, 1.807) is 0 Å². The molecule has 1 aliphatic rings. The summed E-state index contributed by atoms with van der Waals surface area (Å²) in [6.45, 7) is 3.50. The van der Waals surface area contributed by atoms with Crippen molar-refractivity contribution in [3.63, 3.8) is 0 Å². The van der Waals surface area contributed by atoms with Crippen molar-refractivity contribution in [2.45, 2.75) is 11.8 Å². The third-order valence-corrected chi connectivity index (χ3v) is 7.15. The molecule has 0 spiro atoms. The molecule has 3 rings (SSSR count). The Morgan fingerprint density at radius 3 is 2.42 bits per heavy atom. The predicted octanol–water partition coefficient (Wildman–Crippen LogP) is 2.81. The molecule has 180 valence electrons. The second kappa shape index (κ2) is 10.9. The number of nitrogens with one attached hydrogen (secondary N) is 1. The van der Waals surface area contributed by atoms with Gasteiger partial charge in [0.15, 0.2) is 0 Å². The number of ether oxygens (including phenoxy) is 1. The Morgan fingerprint density at radius 2 is 1.82 bits per heavy atom. The van der Waals surface area contributed by atoms with E-state index in [9.17, 15) is 22.0 Å². The molecule has 1 heterocycles. The number of rotatable bonds is 8. The molecule has 1 fully saturated rings. The highest BCUT2D eigenvalue weighted by Crippen LogP contribution is 2.24. The maximum Gasteiger partial charge on any atom is 0.337 e. The summed E-state index contributed by atoms with van der Waals surface area (Å²) in [5, 5.41) is -0.112. The first-order chi connectivity index (χ1) is 15.6. The summed E-state index contributed by atoms with van der Waals surface area (Å²) in [5.41, 5.74) is 0.397. The van der Waals surface area contributed by atoms with E-state index in [0.29, 0.717) is 12.1 Å². The van der Waals surface area contributed by atoms with Crippen LogP contribution < -0.4 is 4.72 Å². The van der Waals surface area contributed by atoms with Crippen LogP contribution in [0.5, 0.6) is 0 Å². The Labute approximate surface area is 197 Å². The van der Waals surface area contributed by atoms with Crippen LogP contribution in [0.1, 0.15) is 27.5 Å². The van der Waals surface area contributed by atoms with Crippen molar-refractivity contribution in [1.82, 2.24) is 14.5 Å². The van der Waals surface area contributed by atoms with Crippen molar-refractivity contribution in [2.24, 2.45) is 0 Å². The van der Waals surface area contributed by atoms with Gasteiger partial charge in [0, 0.05) is 38.3 Å². The molecule has 1 unspecified atom stereocenters. The van der Waals surface area contributed by atoms with Crippen LogP contribution in [0.4, 0.5) is 8.78 Å². The van der Waals surface area contributed by atoms with Crippen molar-refractivity contribution in [3.8, 4) is 0 Å². The second-order valence-corrected chi connectivity index (χ2v) is 10.2. The number of hydrogen-bond acceptors (Lipinski definition) is 6. The lowest BCUT2D eigenvalue weighted by Crippen LogP contribution is -2.48. The molecule has 0 bridgehead atoms. The molecule has 0 aliphatic carbocycles. The van der Waals surface area contributed by atoms with E-state index in [4.69, 9.17) is 11.6 Å². The van der Waals surface area contributed by atoms with Crippen LogP contribution in [0.25, 0.3) is 0 Å². The fraction of sp³-hybridized carbons (Fsp3) is 0.409. The highest BCUT2D eigenvalue weighted by Gasteiger charge is 2.26. The summed E-state index contributed by atoms with van der Waals surface area (Å²) in [7, 11) is -0.825. The van der Waals surface area contributed by atoms with Crippen LogP contribution in [0.3, 0.4) is 0 Å². The van der Waals surface area contributed by atoms with Crippen LogP contribution in [0.15, 0.2) is 36.4 Å². The van der Waals surface area contributed by atoms with Gasteiger partial charge < -0.3 is 9.64 Å². The van der Waals surface area contributed by atoms with Crippen molar-refractivity contribution in [1.29, 1.82) is 0 Å². The number of esters is 1. The monoisotopic (exact) mass is 501 g/mol. The zero-order valence-corrected chi connectivity index (χ0v) is 19.9. The Morgan fingerprint density at radius 1 is 1.12 bits per heavy atom. The first-order valence-corrected chi connectivity index (χ1v) is 12.3. The molecule has 2 aromatic rings. The number of hydrogen-bond donors (Lipinski definition) is 1. The van der Waals surface area contributed by atoms with Gasteiger partial charge in [0.05, 0.1) is 29.5 Å². The highest BCUT2D eigenvalue weighted by molar-refractivity contribution is 7.88. The van der Waals surface area contributed by atoms with Gasteiger partial charge in [-0.3, -0.25) is 4.90 Å². The first-order valence-electron chi connectivity index (χ1n) is 10.3. The van der Waals surface area contributed by atoms with Crippen LogP contribution in [-0.4, -0.2) is 71.1 Å². The maximum atomic E-state index is 14.5. The number of methoxy groups -OCH3 is 1. The van der Waals surface area contributed by atoms with Crippen molar-refractivity contribution >= 4 is 27.6 Å². The lowest BCUT2D eigenvalue weighted by atomic mass is 10.1. The Kier molecular flexibility index (Phi) is 8.41. The van der Waals surface area contributed by atoms with E-state index >= 15 is 0 Å². The average molecular weight is 502 g/mol. The van der Waals surface area contributed by atoms with E-state index in [1.807, 2.05) is 7.05 Å². The SMILES string of the molecule is COC(=O)c1ccc(CS(=O)(=O)NC(CN2CCN(C)CC2)c2ccc(F)c(Cl)c2)c(F)c1. The van der Waals surface area contributed by atoms with E-state index in [0.717, 1.165) is 32.2 Å². The Hall–Kier alpha value is -2.11. The molecule has 11 heteroatoms. The second-order valence-electron chi connectivity index (χ2n) is 8.00. The van der Waals surface area contributed by atoms with Crippen LogP contribution in [0.2, 0.25) is 5.02 Å². The number of piperazine rings is 1. The number of sulfonamides is 1. The minimum atomic E-state index is -4.01. The van der Waals surface area contributed by atoms with Gasteiger partial charge in [0.25, 0.3) is 0 Å². The smallest absolute Gasteiger partial charge is 0.337 e. The molecule has 0 saturated carbocycles. The van der Waals surface area contributed by atoms with Gasteiger partial charge >= 0.3 is 5.97 Å². The van der Waals surface area contributed by atoms with E-state index in [2.05, 4.69) is 19.3 Å². The van der Waals surface area contributed by atoms with E-state index < -0.39 is 39.4 Å². The number of carbonyl (C=O) groups excluding carboxylic acids is 1. The third kappa shape index (κ3) is 6.94. The minimum absolute atomic E-state index is 0.0157. The maximum absolute atomic E-state index is 14.5. The Balaban J connectivity index is 1.81. The molecule has 0 aromatic heterocycles. The van der Waals surface area contributed by atoms with Gasteiger partial charge in [-0.1, -0.05) is 23.7 Å². The molecular weight excluding hydrogens is 476 g/mol. The number of benzene rings is 2. The largest absolute Gasteiger partial charge is 0.465 e. The molecule has 1 aliphatic heterocycles. The number of halogens is 3. The van der Waals surface area contributed by atoms with Gasteiger partial charge in [0.1, 0.15) is 11.6 Å². The van der Waals surface area contributed by atoms with Gasteiger partial charge in [-0.15, -0.1) is 0 Å².